The molecule has 0 spiro atoms. The van der Waals surface area contributed by atoms with Crippen LogP contribution in [-0.4, -0.2) is 17.1 Å². The first kappa shape index (κ1) is 12.1. The van der Waals surface area contributed by atoms with Gasteiger partial charge in [0.05, 0.1) is 6.20 Å². The third-order valence-electron chi connectivity index (χ3n) is 2.83. The average Bonchev–Trinajstić information content (AvgIpc) is 2.32. The molecule has 0 aliphatic heterocycles. The van der Waals surface area contributed by atoms with E-state index >= 15 is 0 Å². The normalized spacial score (nSPS) is 21.2. The molecular formula is C14H20N2O. The van der Waals surface area contributed by atoms with E-state index in [9.17, 15) is 0 Å². The van der Waals surface area contributed by atoms with Gasteiger partial charge >= 0.3 is 0 Å². The van der Waals surface area contributed by atoms with Crippen molar-refractivity contribution in [3.05, 3.63) is 36.2 Å². The quantitative estimate of drug-likeness (QED) is 0.811. The maximum Gasteiger partial charge on any atom is 0.138 e. The molecule has 0 bridgehead atoms. The first-order valence-electron chi connectivity index (χ1n) is 6.28. The Morgan fingerprint density at radius 3 is 3.00 bits per heavy atom. The predicted molar refractivity (Wildman–Crippen MR) is 69.0 cm³/mol. The van der Waals surface area contributed by atoms with Crippen molar-refractivity contribution in [3.8, 4) is 5.75 Å². The van der Waals surface area contributed by atoms with Crippen LogP contribution in [0.4, 0.5) is 0 Å². The molecule has 0 saturated carbocycles. The molecule has 0 fully saturated rings. The van der Waals surface area contributed by atoms with Gasteiger partial charge in [-0.3, -0.25) is 4.98 Å². The molecule has 2 rings (SSSR count). The lowest BCUT2D eigenvalue weighted by Gasteiger charge is -2.18. The van der Waals surface area contributed by atoms with Gasteiger partial charge in [0, 0.05) is 18.2 Å². The fourth-order valence-corrected chi connectivity index (χ4v) is 1.99. The van der Waals surface area contributed by atoms with Crippen LogP contribution in [0, 0.1) is 0 Å². The predicted octanol–water partition coefficient (Wildman–Crippen LogP) is 2.46. The highest BCUT2D eigenvalue weighted by atomic mass is 16.5. The zero-order valence-electron chi connectivity index (χ0n) is 10.3. The van der Waals surface area contributed by atoms with Gasteiger partial charge in [0.1, 0.15) is 11.9 Å². The largest absolute Gasteiger partial charge is 0.485 e. The number of aromatic nitrogens is 1. The lowest BCUT2D eigenvalue weighted by molar-refractivity contribution is 0.229. The van der Waals surface area contributed by atoms with Crippen LogP contribution in [0.2, 0.25) is 0 Å². The number of rotatable bonds is 4. The van der Waals surface area contributed by atoms with Crippen molar-refractivity contribution in [3.63, 3.8) is 0 Å². The highest BCUT2D eigenvalue weighted by Gasteiger charge is 2.10. The molecule has 1 aromatic heterocycles. The first-order valence-corrected chi connectivity index (χ1v) is 6.28. The molecule has 2 unspecified atom stereocenters. The summed E-state index contributed by atoms with van der Waals surface area (Å²) in [7, 11) is 0. The summed E-state index contributed by atoms with van der Waals surface area (Å²) in [5, 5.41) is 0. The Labute approximate surface area is 103 Å². The molecular weight excluding hydrogens is 212 g/mol. The van der Waals surface area contributed by atoms with Crippen molar-refractivity contribution < 1.29 is 4.74 Å². The third-order valence-corrected chi connectivity index (χ3v) is 2.83. The molecule has 3 nitrogen and oxygen atoms in total. The smallest absolute Gasteiger partial charge is 0.138 e. The third kappa shape index (κ3) is 3.86. The average molecular weight is 232 g/mol. The van der Waals surface area contributed by atoms with Crippen molar-refractivity contribution in [2.75, 3.05) is 0 Å². The summed E-state index contributed by atoms with van der Waals surface area (Å²) in [6, 6.07) is 4.12. The standard InChI is InChI=1S/C14H20N2O/c1-11(15)9-12-7-8-14(10-16-12)17-13-5-3-2-4-6-13/h3,5,7-8,10-11,13H,2,4,6,9,15H2,1H3. The fourth-order valence-electron chi connectivity index (χ4n) is 1.99. The van der Waals surface area contributed by atoms with E-state index in [0.29, 0.717) is 0 Å². The zero-order chi connectivity index (χ0) is 12.1. The van der Waals surface area contributed by atoms with E-state index in [4.69, 9.17) is 10.5 Å². The Morgan fingerprint density at radius 1 is 1.53 bits per heavy atom. The van der Waals surface area contributed by atoms with Crippen molar-refractivity contribution >= 4 is 0 Å². The van der Waals surface area contributed by atoms with Crippen LogP contribution < -0.4 is 10.5 Å². The SMILES string of the molecule is CC(N)Cc1ccc(OC2C=CCCC2)cn1. The summed E-state index contributed by atoms with van der Waals surface area (Å²) in [4.78, 5) is 4.36. The minimum absolute atomic E-state index is 0.149. The van der Waals surface area contributed by atoms with Crippen molar-refractivity contribution in [1.29, 1.82) is 0 Å². The molecule has 0 amide bonds. The summed E-state index contributed by atoms with van der Waals surface area (Å²) in [6.07, 6.45) is 10.6. The number of nitrogens with two attached hydrogens (primary N) is 1. The van der Waals surface area contributed by atoms with Crippen molar-refractivity contribution in [2.24, 2.45) is 5.73 Å². The Balaban J connectivity index is 1.93. The number of nitrogens with zero attached hydrogens (tertiary/aromatic N) is 1. The molecule has 2 N–H and O–H groups in total. The molecule has 0 saturated heterocycles. The van der Waals surface area contributed by atoms with E-state index in [1.807, 2.05) is 19.1 Å². The minimum Gasteiger partial charge on any atom is -0.485 e. The minimum atomic E-state index is 0.149. The fraction of sp³-hybridized carbons (Fsp3) is 0.500. The molecule has 0 aromatic carbocycles. The highest BCUT2D eigenvalue weighted by molar-refractivity contribution is 5.21. The van der Waals surface area contributed by atoms with E-state index in [1.165, 1.54) is 12.8 Å². The number of hydrogen-bond acceptors (Lipinski definition) is 3. The number of pyridine rings is 1. The molecule has 1 aromatic rings. The summed E-state index contributed by atoms with van der Waals surface area (Å²) in [5.41, 5.74) is 6.75. The maximum absolute atomic E-state index is 5.83. The number of ether oxygens (including phenoxy) is 1. The van der Waals surface area contributed by atoms with Gasteiger partial charge < -0.3 is 10.5 Å². The summed E-state index contributed by atoms with van der Waals surface area (Å²) >= 11 is 0. The molecule has 1 aliphatic carbocycles. The summed E-state index contributed by atoms with van der Waals surface area (Å²) < 4.78 is 5.83. The van der Waals surface area contributed by atoms with Gasteiger partial charge in [-0.25, -0.2) is 0 Å². The van der Waals surface area contributed by atoms with Gasteiger partial charge in [0.25, 0.3) is 0 Å². The molecule has 17 heavy (non-hydrogen) atoms. The van der Waals surface area contributed by atoms with Crippen LogP contribution in [0.5, 0.6) is 5.75 Å². The van der Waals surface area contributed by atoms with E-state index in [1.54, 1.807) is 6.20 Å². The summed E-state index contributed by atoms with van der Waals surface area (Å²) in [6.45, 7) is 1.99. The molecule has 1 heterocycles. The highest BCUT2D eigenvalue weighted by Crippen LogP contribution is 2.18. The second-order valence-electron chi connectivity index (χ2n) is 4.68. The molecule has 2 atom stereocenters. The number of hydrogen-bond donors (Lipinski definition) is 1. The van der Waals surface area contributed by atoms with E-state index in [-0.39, 0.29) is 12.1 Å². The Hall–Kier alpha value is -1.35. The second kappa shape index (κ2) is 5.82. The van der Waals surface area contributed by atoms with Crippen molar-refractivity contribution in [2.45, 2.75) is 44.8 Å². The van der Waals surface area contributed by atoms with E-state index < -0.39 is 0 Å². The zero-order valence-corrected chi connectivity index (χ0v) is 10.3. The van der Waals surface area contributed by atoms with Crippen LogP contribution >= 0.6 is 0 Å². The second-order valence-corrected chi connectivity index (χ2v) is 4.68. The molecule has 1 aliphatic rings. The molecule has 0 radical (unpaired) electrons. The van der Waals surface area contributed by atoms with Crippen LogP contribution in [0.3, 0.4) is 0 Å². The number of allylic oxidation sites excluding steroid dienone is 1. The van der Waals surface area contributed by atoms with Crippen LogP contribution in [0.25, 0.3) is 0 Å². The lowest BCUT2D eigenvalue weighted by atomic mass is 10.1. The molecule has 92 valence electrons. The van der Waals surface area contributed by atoms with E-state index in [2.05, 4.69) is 17.1 Å². The Kier molecular flexibility index (Phi) is 4.15. The van der Waals surface area contributed by atoms with Gasteiger partial charge in [0.15, 0.2) is 0 Å². The van der Waals surface area contributed by atoms with Gasteiger partial charge in [-0.05, 0) is 44.4 Å². The monoisotopic (exact) mass is 232 g/mol. The van der Waals surface area contributed by atoms with Crippen molar-refractivity contribution in [1.82, 2.24) is 4.98 Å². The lowest BCUT2D eigenvalue weighted by Crippen LogP contribution is -2.18. The topological polar surface area (TPSA) is 48.1 Å². The van der Waals surface area contributed by atoms with Gasteiger partial charge in [-0.2, -0.15) is 0 Å². The maximum atomic E-state index is 5.83. The summed E-state index contributed by atoms with van der Waals surface area (Å²) in [5.74, 6) is 0.843. The van der Waals surface area contributed by atoms with Crippen LogP contribution in [0.15, 0.2) is 30.5 Å². The van der Waals surface area contributed by atoms with Gasteiger partial charge in [0.2, 0.25) is 0 Å². The molecule has 3 heteroatoms. The Morgan fingerprint density at radius 2 is 2.41 bits per heavy atom. The van der Waals surface area contributed by atoms with Crippen LogP contribution in [-0.2, 0) is 6.42 Å². The van der Waals surface area contributed by atoms with Crippen LogP contribution in [0.1, 0.15) is 31.9 Å². The van der Waals surface area contributed by atoms with Gasteiger partial charge in [-0.1, -0.05) is 6.08 Å². The first-order chi connectivity index (χ1) is 8.24. The Bertz CT molecular complexity index is 370. The van der Waals surface area contributed by atoms with Gasteiger partial charge in [-0.15, -0.1) is 0 Å². The van der Waals surface area contributed by atoms with E-state index in [0.717, 1.165) is 24.3 Å².